The van der Waals surface area contributed by atoms with Gasteiger partial charge in [0, 0.05) is 21.6 Å². The van der Waals surface area contributed by atoms with Crippen molar-refractivity contribution in [2.45, 2.75) is 37.5 Å². The Morgan fingerprint density at radius 1 is 0.556 bits per heavy atom. The Kier molecular flexibility index (Phi) is 4.05. The molecule has 214 valence electrons. The minimum atomic E-state index is 0.152. The van der Waals surface area contributed by atoms with E-state index in [1.54, 1.807) is 0 Å². The van der Waals surface area contributed by atoms with Gasteiger partial charge in [-0.3, -0.25) is 4.57 Å². The molecular formula is C42H31N3. The topological polar surface area (TPSA) is 30.7 Å². The molecule has 1 spiro atoms. The average molecular weight is 578 g/mol. The van der Waals surface area contributed by atoms with Crippen molar-refractivity contribution < 1.29 is 0 Å². The first-order chi connectivity index (χ1) is 22.2. The van der Waals surface area contributed by atoms with Crippen molar-refractivity contribution in [3.63, 3.8) is 0 Å². The van der Waals surface area contributed by atoms with Crippen LogP contribution in [-0.4, -0.2) is 14.5 Å². The first-order valence-corrected chi connectivity index (χ1v) is 16.7. The molecule has 0 saturated heterocycles. The first kappa shape index (κ1) is 23.6. The van der Waals surface area contributed by atoms with Crippen molar-refractivity contribution in [1.29, 1.82) is 0 Å². The third kappa shape index (κ3) is 2.73. The zero-order valence-electron chi connectivity index (χ0n) is 25.0. The fourth-order valence-electron chi connectivity index (χ4n) is 11.3. The number of rotatable bonds is 2. The maximum Gasteiger partial charge on any atom is 0.235 e. The number of nitrogens with zero attached hydrogens (tertiary/aromatic N) is 3. The molecule has 6 aromatic carbocycles. The molecule has 3 nitrogen and oxygen atoms in total. The molecule has 4 saturated carbocycles. The summed E-state index contributed by atoms with van der Waals surface area (Å²) in [5.41, 5.74) is 5.53. The molecule has 4 aliphatic rings. The van der Waals surface area contributed by atoms with Crippen molar-refractivity contribution in [3.05, 3.63) is 115 Å². The quantitative estimate of drug-likeness (QED) is 0.191. The minimum Gasteiger partial charge on any atom is -0.278 e. The Morgan fingerprint density at radius 3 is 1.73 bits per heavy atom. The van der Waals surface area contributed by atoms with Crippen LogP contribution in [-0.2, 0) is 5.41 Å². The zero-order valence-corrected chi connectivity index (χ0v) is 25.0. The summed E-state index contributed by atoms with van der Waals surface area (Å²) in [6, 6.07) is 40.3. The van der Waals surface area contributed by atoms with Crippen molar-refractivity contribution >= 4 is 65.0 Å². The van der Waals surface area contributed by atoms with Crippen LogP contribution >= 0.6 is 0 Å². The van der Waals surface area contributed by atoms with Gasteiger partial charge in [-0.15, -0.1) is 0 Å². The zero-order chi connectivity index (χ0) is 29.1. The van der Waals surface area contributed by atoms with Crippen LogP contribution < -0.4 is 0 Å². The fraction of sp³-hybridized carbons (Fsp3) is 0.238. The predicted molar refractivity (Wildman–Crippen MR) is 184 cm³/mol. The lowest BCUT2D eigenvalue weighted by molar-refractivity contribution is -0.175. The summed E-state index contributed by atoms with van der Waals surface area (Å²) in [4.78, 5) is 11.3. The summed E-state index contributed by atoms with van der Waals surface area (Å²) in [7, 11) is 0. The molecular weight excluding hydrogens is 546 g/mol. The van der Waals surface area contributed by atoms with Gasteiger partial charge in [0.2, 0.25) is 5.95 Å². The van der Waals surface area contributed by atoms with Gasteiger partial charge in [-0.05, 0) is 118 Å². The van der Waals surface area contributed by atoms with Crippen molar-refractivity contribution in [2.24, 2.45) is 23.2 Å². The van der Waals surface area contributed by atoms with E-state index < -0.39 is 0 Å². The number of hydrogen-bond donors (Lipinski definition) is 0. The van der Waals surface area contributed by atoms with E-state index in [0.29, 0.717) is 5.41 Å². The predicted octanol–water partition coefficient (Wildman–Crippen LogP) is 10.3. The molecule has 2 atom stereocenters. The van der Waals surface area contributed by atoms with E-state index in [-0.39, 0.29) is 5.41 Å². The molecule has 4 fully saturated rings. The van der Waals surface area contributed by atoms with Crippen LogP contribution in [0.3, 0.4) is 0 Å². The van der Waals surface area contributed by atoms with E-state index in [0.717, 1.165) is 29.2 Å². The Balaban J connectivity index is 1.23. The van der Waals surface area contributed by atoms with Crippen LogP contribution in [0.4, 0.5) is 0 Å². The van der Waals surface area contributed by atoms with Crippen LogP contribution in [0, 0.1) is 23.2 Å². The highest BCUT2D eigenvalue weighted by atomic mass is 15.2. The number of benzene rings is 6. The smallest absolute Gasteiger partial charge is 0.235 e. The van der Waals surface area contributed by atoms with E-state index in [1.165, 1.54) is 97.3 Å². The maximum atomic E-state index is 5.80. The SMILES string of the molecule is c1ccc2cc3c(cc2c1)c1cc2ccccc2cc1n3-c1nc(C23C[C@@H]4CC5C[C@@H](C2)C54C3)c2c(ccc3ccccc32)n1. The molecule has 2 heterocycles. The van der Waals surface area contributed by atoms with Crippen LogP contribution in [0.2, 0.25) is 0 Å². The van der Waals surface area contributed by atoms with Gasteiger partial charge in [-0.1, -0.05) is 78.9 Å². The Hall–Kier alpha value is -4.76. The molecule has 2 aromatic heterocycles. The number of aromatic nitrogens is 3. The summed E-state index contributed by atoms with van der Waals surface area (Å²) in [6.07, 6.45) is 6.83. The minimum absolute atomic E-state index is 0.152. The molecule has 3 heteroatoms. The van der Waals surface area contributed by atoms with E-state index >= 15 is 0 Å². The van der Waals surface area contributed by atoms with E-state index in [4.69, 9.17) is 9.97 Å². The Bertz CT molecular complexity index is 2520. The molecule has 45 heavy (non-hydrogen) atoms. The van der Waals surface area contributed by atoms with Crippen LogP contribution in [0.25, 0.3) is 71.0 Å². The van der Waals surface area contributed by atoms with Gasteiger partial charge in [0.15, 0.2) is 0 Å². The summed E-state index contributed by atoms with van der Waals surface area (Å²) in [5, 5.41) is 11.4. The standard InChI is InChI=1S/C42H31N3/c1-3-10-27-17-36-33(15-25(27)8-1)34-16-26-9-2-4-11-28(26)18-37(34)45(36)40-43-35-14-13-24-7-5-6-12-32(24)38(35)39(44-40)41-21-30-19-29-20-31(22-41)42(29,30)23-41/h1-18,29-31H,19-23H2/t29?,30-,31-,41?,42?/m0/s1. The van der Waals surface area contributed by atoms with Crippen molar-refractivity contribution in [3.8, 4) is 5.95 Å². The van der Waals surface area contributed by atoms with Gasteiger partial charge in [0.25, 0.3) is 0 Å². The van der Waals surface area contributed by atoms with Gasteiger partial charge in [0.05, 0.1) is 22.2 Å². The van der Waals surface area contributed by atoms with E-state index in [9.17, 15) is 0 Å². The van der Waals surface area contributed by atoms with Gasteiger partial charge >= 0.3 is 0 Å². The molecule has 0 radical (unpaired) electrons. The fourth-order valence-corrected chi connectivity index (χ4v) is 11.3. The molecule has 4 aliphatic carbocycles. The lowest BCUT2D eigenvalue weighted by atomic mass is 9.38. The Labute approximate surface area is 260 Å². The molecule has 0 N–H and O–H groups in total. The highest BCUT2D eigenvalue weighted by Gasteiger charge is 2.78. The van der Waals surface area contributed by atoms with Gasteiger partial charge in [-0.2, -0.15) is 0 Å². The van der Waals surface area contributed by atoms with Gasteiger partial charge in [0.1, 0.15) is 0 Å². The second kappa shape index (κ2) is 7.72. The molecule has 2 bridgehead atoms. The third-order valence-corrected chi connectivity index (χ3v) is 13.1. The largest absolute Gasteiger partial charge is 0.278 e. The highest BCUT2D eigenvalue weighted by Crippen LogP contribution is 2.84. The van der Waals surface area contributed by atoms with E-state index in [2.05, 4.69) is 114 Å². The summed E-state index contributed by atoms with van der Waals surface area (Å²) < 4.78 is 2.38. The maximum absolute atomic E-state index is 5.80. The lowest BCUT2D eigenvalue weighted by Crippen LogP contribution is -2.59. The summed E-state index contributed by atoms with van der Waals surface area (Å²) >= 11 is 0. The first-order valence-electron chi connectivity index (χ1n) is 16.7. The third-order valence-electron chi connectivity index (χ3n) is 13.1. The second-order valence-electron chi connectivity index (χ2n) is 14.9. The van der Waals surface area contributed by atoms with Crippen LogP contribution in [0.5, 0.6) is 0 Å². The number of fused-ring (bicyclic) bond motifs is 9. The molecule has 0 amide bonds. The molecule has 0 unspecified atom stereocenters. The van der Waals surface area contributed by atoms with Crippen LogP contribution in [0.1, 0.15) is 37.8 Å². The lowest BCUT2D eigenvalue weighted by Gasteiger charge is -2.66. The second-order valence-corrected chi connectivity index (χ2v) is 14.9. The summed E-state index contributed by atoms with van der Waals surface area (Å²) in [5.74, 6) is 3.58. The van der Waals surface area contributed by atoms with Crippen LogP contribution in [0.15, 0.2) is 109 Å². The molecule has 8 aromatic rings. The summed E-state index contributed by atoms with van der Waals surface area (Å²) in [6.45, 7) is 0. The molecule has 12 rings (SSSR count). The molecule has 0 aliphatic heterocycles. The van der Waals surface area contributed by atoms with E-state index in [1.807, 2.05) is 0 Å². The normalized spacial score (nSPS) is 28.0. The van der Waals surface area contributed by atoms with Crippen molar-refractivity contribution in [2.75, 3.05) is 0 Å². The van der Waals surface area contributed by atoms with Gasteiger partial charge < -0.3 is 0 Å². The number of hydrogen-bond acceptors (Lipinski definition) is 2. The van der Waals surface area contributed by atoms with Crippen molar-refractivity contribution in [1.82, 2.24) is 14.5 Å². The highest BCUT2D eigenvalue weighted by molar-refractivity contribution is 6.16. The average Bonchev–Trinajstić information content (AvgIpc) is 3.67. The monoisotopic (exact) mass is 577 g/mol. The Morgan fingerprint density at radius 2 is 1.13 bits per heavy atom. The van der Waals surface area contributed by atoms with Gasteiger partial charge in [-0.25, -0.2) is 9.97 Å².